The van der Waals surface area contributed by atoms with E-state index in [1.54, 1.807) is 31.0 Å². The van der Waals surface area contributed by atoms with E-state index in [4.69, 9.17) is 17.3 Å². The summed E-state index contributed by atoms with van der Waals surface area (Å²) in [5, 5.41) is 3.29. The highest BCUT2D eigenvalue weighted by molar-refractivity contribution is 6.29. The average Bonchev–Trinajstić information content (AvgIpc) is 2.31. The number of nitrogens with zero attached hydrogens (tertiary/aromatic N) is 2. The van der Waals surface area contributed by atoms with Crippen LogP contribution in [0.2, 0.25) is 5.15 Å². The van der Waals surface area contributed by atoms with Gasteiger partial charge in [-0.05, 0) is 26.0 Å². The number of hydrogen-bond donors (Lipinski definition) is 2. The van der Waals surface area contributed by atoms with Crippen LogP contribution in [0.1, 0.15) is 13.8 Å². The van der Waals surface area contributed by atoms with Crippen molar-refractivity contribution >= 4 is 29.0 Å². The highest BCUT2D eigenvalue weighted by atomic mass is 35.5. The van der Waals surface area contributed by atoms with E-state index in [1.807, 2.05) is 6.92 Å². The third kappa shape index (κ3) is 3.49. The zero-order valence-electron chi connectivity index (χ0n) is 10.2. The third-order valence-electron chi connectivity index (χ3n) is 2.47. The molecule has 6 heteroatoms. The molecule has 0 saturated heterocycles. The van der Waals surface area contributed by atoms with Crippen LogP contribution >= 0.6 is 11.6 Å². The summed E-state index contributed by atoms with van der Waals surface area (Å²) in [5.41, 5.74) is 6.20. The molecule has 1 amide bonds. The maximum absolute atomic E-state index is 11.8. The van der Waals surface area contributed by atoms with Crippen molar-refractivity contribution in [3.05, 3.63) is 17.3 Å². The Morgan fingerprint density at radius 2 is 2.29 bits per heavy atom. The number of anilines is 2. The van der Waals surface area contributed by atoms with Crippen molar-refractivity contribution in [1.29, 1.82) is 0 Å². The Labute approximate surface area is 106 Å². The van der Waals surface area contributed by atoms with E-state index in [1.165, 1.54) is 0 Å². The van der Waals surface area contributed by atoms with Gasteiger partial charge < -0.3 is 16.0 Å². The van der Waals surface area contributed by atoms with Gasteiger partial charge in [0.15, 0.2) is 5.82 Å². The van der Waals surface area contributed by atoms with Gasteiger partial charge in [-0.1, -0.05) is 11.6 Å². The van der Waals surface area contributed by atoms with Gasteiger partial charge in [-0.2, -0.15) is 0 Å². The monoisotopic (exact) mass is 256 g/mol. The molecule has 1 aromatic rings. The van der Waals surface area contributed by atoms with Gasteiger partial charge in [0.1, 0.15) is 11.2 Å². The molecule has 0 aliphatic carbocycles. The first-order valence-corrected chi connectivity index (χ1v) is 5.77. The fraction of sp³-hybridized carbons (Fsp3) is 0.455. The molecule has 0 radical (unpaired) electrons. The second-order valence-electron chi connectivity index (χ2n) is 3.79. The fourth-order valence-electron chi connectivity index (χ4n) is 1.31. The van der Waals surface area contributed by atoms with E-state index >= 15 is 0 Å². The van der Waals surface area contributed by atoms with Gasteiger partial charge in [-0.25, -0.2) is 4.98 Å². The van der Waals surface area contributed by atoms with Gasteiger partial charge in [0.05, 0.1) is 5.69 Å². The largest absolute Gasteiger partial charge is 0.396 e. The Hall–Kier alpha value is -1.49. The summed E-state index contributed by atoms with van der Waals surface area (Å²) in [6.45, 7) is 4.33. The minimum Gasteiger partial charge on any atom is -0.396 e. The van der Waals surface area contributed by atoms with Crippen molar-refractivity contribution in [2.24, 2.45) is 0 Å². The van der Waals surface area contributed by atoms with E-state index in [-0.39, 0.29) is 5.91 Å². The third-order valence-corrected chi connectivity index (χ3v) is 2.68. The molecular weight excluding hydrogens is 240 g/mol. The minimum atomic E-state index is -0.395. The Morgan fingerprint density at radius 1 is 1.65 bits per heavy atom. The highest BCUT2D eigenvalue weighted by Gasteiger charge is 2.17. The van der Waals surface area contributed by atoms with Crippen LogP contribution in [-0.2, 0) is 4.79 Å². The van der Waals surface area contributed by atoms with Gasteiger partial charge in [0.2, 0.25) is 5.91 Å². The predicted octanol–water partition coefficient (Wildman–Crippen LogP) is 1.60. The van der Waals surface area contributed by atoms with Crippen LogP contribution in [0.5, 0.6) is 0 Å². The van der Waals surface area contributed by atoms with Gasteiger partial charge in [-0.3, -0.25) is 4.79 Å². The first-order chi connectivity index (χ1) is 7.95. The summed E-state index contributed by atoms with van der Waals surface area (Å²) in [7, 11) is 1.75. The van der Waals surface area contributed by atoms with Crippen LogP contribution in [0.15, 0.2) is 12.1 Å². The zero-order chi connectivity index (χ0) is 13.0. The van der Waals surface area contributed by atoms with E-state index < -0.39 is 6.04 Å². The van der Waals surface area contributed by atoms with Crippen LogP contribution in [0.3, 0.4) is 0 Å². The number of carbonyl (C=O) groups is 1. The van der Waals surface area contributed by atoms with Crippen molar-refractivity contribution in [2.75, 3.05) is 24.6 Å². The molecule has 1 rings (SSSR count). The molecule has 1 atom stereocenters. The number of carbonyl (C=O) groups excluding carboxylic acids is 1. The van der Waals surface area contributed by atoms with Gasteiger partial charge in [0, 0.05) is 13.6 Å². The number of nitrogen functional groups attached to an aromatic ring is 1. The van der Waals surface area contributed by atoms with Crippen molar-refractivity contribution in [1.82, 2.24) is 9.88 Å². The van der Waals surface area contributed by atoms with Crippen molar-refractivity contribution in [2.45, 2.75) is 19.9 Å². The number of halogens is 1. The first kappa shape index (κ1) is 13.6. The molecule has 0 aromatic carbocycles. The normalized spacial score (nSPS) is 12.0. The number of likely N-dealkylation sites (N-methyl/N-ethyl adjacent to an activating group) is 1. The first-order valence-electron chi connectivity index (χ1n) is 5.39. The lowest BCUT2D eigenvalue weighted by Crippen LogP contribution is -2.39. The predicted molar refractivity (Wildman–Crippen MR) is 70.1 cm³/mol. The number of pyridine rings is 1. The van der Waals surface area contributed by atoms with Gasteiger partial charge >= 0.3 is 0 Å². The second-order valence-corrected chi connectivity index (χ2v) is 4.18. The number of rotatable bonds is 4. The average molecular weight is 257 g/mol. The molecule has 0 saturated carbocycles. The molecule has 5 nitrogen and oxygen atoms in total. The Bertz CT molecular complexity index is 410. The van der Waals surface area contributed by atoms with E-state index in [2.05, 4.69) is 10.3 Å². The molecule has 1 aromatic heterocycles. The summed E-state index contributed by atoms with van der Waals surface area (Å²) in [6, 6.07) is 2.86. The maximum Gasteiger partial charge on any atom is 0.244 e. The van der Waals surface area contributed by atoms with Crippen LogP contribution in [-0.4, -0.2) is 35.4 Å². The number of nitrogens with one attached hydrogen (secondary N) is 1. The Kier molecular flexibility index (Phi) is 4.57. The lowest BCUT2D eigenvalue weighted by Gasteiger charge is -2.21. The van der Waals surface area contributed by atoms with Crippen LogP contribution < -0.4 is 11.1 Å². The summed E-state index contributed by atoms with van der Waals surface area (Å²) >= 11 is 5.77. The van der Waals surface area contributed by atoms with Gasteiger partial charge in [-0.15, -0.1) is 0 Å². The molecule has 0 aliphatic rings. The number of aromatic nitrogens is 1. The van der Waals surface area contributed by atoms with Gasteiger partial charge in [0.25, 0.3) is 0 Å². The van der Waals surface area contributed by atoms with Crippen molar-refractivity contribution in [3.63, 3.8) is 0 Å². The van der Waals surface area contributed by atoms with Crippen LogP contribution in [0.4, 0.5) is 11.5 Å². The molecular formula is C11H17ClN4O. The summed E-state index contributed by atoms with van der Waals surface area (Å²) in [6.07, 6.45) is 0. The zero-order valence-corrected chi connectivity index (χ0v) is 11.0. The molecule has 94 valence electrons. The van der Waals surface area contributed by atoms with Crippen LogP contribution in [0, 0.1) is 0 Å². The molecule has 0 bridgehead atoms. The topological polar surface area (TPSA) is 71.2 Å². The molecule has 3 N–H and O–H groups in total. The fourth-order valence-corrected chi connectivity index (χ4v) is 1.46. The summed E-state index contributed by atoms with van der Waals surface area (Å²) in [5.74, 6) is 0.413. The number of amides is 1. The SMILES string of the molecule is CCN(C)C(=O)C(C)Nc1nc(Cl)ccc1N. The lowest BCUT2D eigenvalue weighted by molar-refractivity contribution is -0.130. The van der Waals surface area contributed by atoms with E-state index in [0.717, 1.165) is 0 Å². The van der Waals surface area contributed by atoms with Crippen molar-refractivity contribution in [3.8, 4) is 0 Å². The maximum atomic E-state index is 11.8. The van der Waals surface area contributed by atoms with Crippen LogP contribution in [0.25, 0.3) is 0 Å². The molecule has 1 unspecified atom stereocenters. The molecule has 0 aliphatic heterocycles. The molecule has 0 fully saturated rings. The Morgan fingerprint density at radius 3 is 2.88 bits per heavy atom. The molecule has 17 heavy (non-hydrogen) atoms. The van der Waals surface area contributed by atoms with Crippen molar-refractivity contribution < 1.29 is 4.79 Å². The molecule has 1 heterocycles. The second kappa shape index (κ2) is 5.72. The summed E-state index contributed by atoms with van der Waals surface area (Å²) in [4.78, 5) is 17.5. The summed E-state index contributed by atoms with van der Waals surface area (Å²) < 4.78 is 0. The number of hydrogen-bond acceptors (Lipinski definition) is 4. The number of nitrogens with two attached hydrogens (primary N) is 1. The van der Waals surface area contributed by atoms with E-state index in [0.29, 0.717) is 23.2 Å². The Balaban J connectivity index is 2.77. The highest BCUT2D eigenvalue weighted by Crippen LogP contribution is 2.19. The lowest BCUT2D eigenvalue weighted by atomic mass is 10.2. The molecule has 0 spiro atoms. The minimum absolute atomic E-state index is 0.0197. The smallest absolute Gasteiger partial charge is 0.244 e. The van der Waals surface area contributed by atoms with E-state index in [9.17, 15) is 4.79 Å². The quantitative estimate of drug-likeness (QED) is 0.803. The standard InChI is InChI=1S/C11H17ClN4O/c1-4-16(3)11(17)7(2)14-10-8(13)5-6-9(12)15-10/h5-7H,4,13H2,1-3H3,(H,14,15).